The maximum absolute atomic E-state index is 10.4. The maximum atomic E-state index is 10.4. The molecule has 0 radical (unpaired) electrons. The second-order valence-corrected chi connectivity index (χ2v) is 8.46. The molecule has 0 amide bonds. The lowest BCUT2D eigenvalue weighted by atomic mass is 9.85. The van der Waals surface area contributed by atoms with E-state index in [2.05, 4.69) is 34.5 Å². The molecule has 1 aromatic carbocycles. The second-order valence-electron chi connectivity index (χ2n) is 8.46. The molecule has 0 aliphatic carbocycles. The van der Waals surface area contributed by atoms with Gasteiger partial charge in [-0.15, -0.1) is 10.2 Å². The number of nitrogens with zero attached hydrogens (tertiary/aromatic N) is 4. The van der Waals surface area contributed by atoms with Crippen LogP contribution >= 0.6 is 0 Å². The second kappa shape index (κ2) is 8.04. The van der Waals surface area contributed by atoms with E-state index in [4.69, 9.17) is 4.74 Å². The molecule has 0 saturated carbocycles. The molecule has 30 heavy (non-hydrogen) atoms. The molecule has 1 saturated heterocycles. The molecule has 0 bridgehead atoms. The number of ether oxygens (including phenoxy) is 1. The number of hydrogen-bond donors (Lipinski definition) is 3. The zero-order valence-corrected chi connectivity index (χ0v) is 17.4. The van der Waals surface area contributed by atoms with Crippen molar-refractivity contribution in [3.05, 3.63) is 48.8 Å². The Balaban J connectivity index is 1.48. The van der Waals surface area contributed by atoms with E-state index in [0.29, 0.717) is 23.6 Å². The van der Waals surface area contributed by atoms with Crippen molar-refractivity contribution in [1.29, 1.82) is 0 Å². The Labute approximate surface area is 175 Å². The quantitative estimate of drug-likeness (QED) is 0.595. The molecule has 0 spiro atoms. The SMILES string of the molecule is CC(O)[C@@H]1CC(Oc2ccc(-c3ccc(-n4cccn4)cc3O)nn2)CC(C)(C)N1. The molecule has 4 rings (SSSR count). The molecule has 1 aliphatic heterocycles. The molecule has 1 aliphatic rings. The van der Waals surface area contributed by atoms with Gasteiger partial charge in [-0.3, -0.25) is 0 Å². The highest BCUT2D eigenvalue weighted by Crippen LogP contribution is 2.31. The molecule has 8 nitrogen and oxygen atoms in total. The first kappa shape index (κ1) is 20.3. The van der Waals surface area contributed by atoms with Gasteiger partial charge in [0.15, 0.2) is 0 Å². The van der Waals surface area contributed by atoms with Crippen molar-refractivity contribution < 1.29 is 14.9 Å². The van der Waals surface area contributed by atoms with Crippen LogP contribution in [0.25, 0.3) is 16.9 Å². The summed E-state index contributed by atoms with van der Waals surface area (Å²) in [6, 6.07) is 10.6. The number of rotatable bonds is 5. The third-order valence-electron chi connectivity index (χ3n) is 5.37. The van der Waals surface area contributed by atoms with Gasteiger partial charge in [-0.1, -0.05) is 0 Å². The monoisotopic (exact) mass is 409 g/mol. The number of nitrogens with one attached hydrogen (secondary N) is 1. The number of piperidine rings is 1. The van der Waals surface area contributed by atoms with Crippen LogP contribution in [0.15, 0.2) is 48.8 Å². The topological polar surface area (TPSA) is 105 Å². The van der Waals surface area contributed by atoms with Gasteiger partial charge in [0.1, 0.15) is 11.9 Å². The van der Waals surface area contributed by atoms with E-state index >= 15 is 0 Å². The summed E-state index contributed by atoms with van der Waals surface area (Å²) >= 11 is 0. The molecule has 8 heteroatoms. The highest BCUT2D eigenvalue weighted by molar-refractivity contribution is 5.68. The van der Waals surface area contributed by atoms with Crippen LogP contribution in [0.4, 0.5) is 0 Å². The minimum atomic E-state index is -0.461. The van der Waals surface area contributed by atoms with Crippen LogP contribution < -0.4 is 10.1 Å². The number of aliphatic hydroxyl groups excluding tert-OH is 1. The molecule has 2 unspecified atom stereocenters. The minimum absolute atomic E-state index is 0.0313. The van der Waals surface area contributed by atoms with Gasteiger partial charge in [-0.2, -0.15) is 5.10 Å². The Kier molecular flexibility index (Phi) is 5.44. The smallest absolute Gasteiger partial charge is 0.233 e. The normalized spacial score (nSPS) is 21.9. The fourth-order valence-corrected chi connectivity index (χ4v) is 3.96. The predicted molar refractivity (Wildman–Crippen MR) is 113 cm³/mol. The number of aromatic hydroxyl groups is 1. The summed E-state index contributed by atoms with van der Waals surface area (Å²) in [5.41, 5.74) is 1.76. The molecular weight excluding hydrogens is 382 g/mol. The lowest BCUT2D eigenvalue weighted by molar-refractivity contribution is 0.0329. The number of benzene rings is 1. The maximum Gasteiger partial charge on any atom is 0.233 e. The van der Waals surface area contributed by atoms with Crippen molar-refractivity contribution in [2.45, 2.75) is 57.4 Å². The van der Waals surface area contributed by atoms with Crippen LogP contribution in [0.2, 0.25) is 0 Å². The highest BCUT2D eigenvalue weighted by Gasteiger charge is 2.36. The third-order valence-corrected chi connectivity index (χ3v) is 5.37. The van der Waals surface area contributed by atoms with Crippen molar-refractivity contribution in [3.63, 3.8) is 0 Å². The number of hydrogen-bond acceptors (Lipinski definition) is 7. The average molecular weight is 409 g/mol. The number of phenols is 1. The predicted octanol–water partition coefficient (Wildman–Crippen LogP) is 2.69. The molecule has 3 aromatic rings. The zero-order valence-electron chi connectivity index (χ0n) is 17.4. The van der Waals surface area contributed by atoms with Crippen LogP contribution in [0.5, 0.6) is 11.6 Å². The van der Waals surface area contributed by atoms with E-state index in [0.717, 1.165) is 12.1 Å². The molecule has 2 aromatic heterocycles. The summed E-state index contributed by atoms with van der Waals surface area (Å²) in [7, 11) is 0. The summed E-state index contributed by atoms with van der Waals surface area (Å²) in [5.74, 6) is 0.532. The Morgan fingerprint density at radius 2 is 2.07 bits per heavy atom. The van der Waals surface area contributed by atoms with Gasteiger partial charge in [-0.05, 0) is 45.0 Å². The summed E-state index contributed by atoms with van der Waals surface area (Å²) in [4.78, 5) is 0. The van der Waals surface area contributed by atoms with Crippen molar-refractivity contribution in [1.82, 2.24) is 25.3 Å². The third kappa shape index (κ3) is 4.44. The first-order valence-corrected chi connectivity index (χ1v) is 10.1. The first-order chi connectivity index (χ1) is 14.3. The molecule has 3 heterocycles. The summed E-state index contributed by atoms with van der Waals surface area (Å²) in [5, 5.41) is 36.5. The number of phenolic OH excluding ortho intramolecular Hbond substituents is 1. The van der Waals surface area contributed by atoms with Gasteiger partial charge in [0.05, 0.1) is 17.5 Å². The highest BCUT2D eigenvalue weighted by atomic mass is 16.5. The van der Waals surface area contributed by atoms with Crippen molar-refractivity contribution in [2.75, 3.05) is 0 Å². The first-order valence-electron chi connectivity index (χ1n) is 10.1. The van der Waals surface area contributed by atoms with Crippen LogP contribution in [-0.4, -0.2) is 54.0 Å². The van der Waals surface area contributed by atoms with E-state index in [1.165, 1.54) is 0 Å². The van der Waals surface area contributed by atoms with Gasteiger partial charge in [0.2, 0.25) is 5.88 Å². The number of aromatic nitrogens is 4. The largest absolute Gasteiger partial charge is 0.507 e. The summed E-state index contributed by atoms with van der Waals surface area (Å²) in [6.45, 7) is 5.99. The van der Waals surface area contributed by atoms with Gasteiger partial charge in [0.25, 0.3) is 0 Å². The fourth-order valence-electron chi connectivity index (χ4n) is 3.96. The Hall–Kier alpha value is -2.97. The fraction of sp³-hybridized carbons (Fsp3) is 0.409. The molecular formula is C22H27N5O3. The van der Waals surface area contributed by atoms with E-state index in [1.807, 2.05) is 18.3 Å². The van der Waals surface area contributed by atoms with Crippen molar-refractivity contribution >= 4 is 0 Å². The summed E-state index contributed by atoms with van der Waals surface area (Å²) < 4.78 is 7.74. The molecule has 3 N–H and O–H groups in total. The van der Waals surface area contributed by atoms with E-state index in [-0.39, 0.29) is 23.4 Å². The Morgan fingerprint density at radius 3 is 2.70 bits per heavy atom. The standard InChI is InChI=1S/C22H27N5O3/c1-14(28)19-12-16(13-22(2,3)24-19)30-21-8-7-18(25-26-21)17-6-5-15(11-20(17)29)27-10-4-9-23-27/h4-11,14,16,19,24,28-29H,12-13H2,1-3H3/t14?,16?,19-/m0/s1. The lowest BCUT2D eigenvalue weighted by Crippen LogP contribution is -2.58. The molecule has 1 fully saturated rings. The van der Waals surface area contributed by atoms with Crippen LogP contribution in [0.1, 0.15) is 33.6 Å². The van der Waals surface area contributed by atoms with Gasteiger partial charge < -0.3 is 20.3 Å². The molecule has 158 valence electrons. The van der Waals surface area contributed by atoms with Crippen LogP contribution in [0, 0.1) is 0 Å². The van der Waals surface area contributed by atoms with Gasteiger partial charge >= 0.3 is 0 Å². The van der Waals surface area contributed by atoms with E-state index in [1.54, 1.807) is 42.1 Å². The van der Waals surface area contributed by atoms with Crippen LogP contribution in [-0.2, 0) is 0 Å². The minimum Gasteiger partial charge on any atom is -0.507 e. The van der Waals surface area contributed by atoms with Crippen LogP contribution in [0.3, 0.4) is 0 Å². The summed E-state index contributed by atoms with van der Waals surface area (Å²) in [6.07, 6.45) is 4.46. The van der Waals surface area contributed by atoms with E-state index in [9.17, 15) is 10.2 Å². The van der Waals surface area contributed by atoms with E-state index < -0.39 is 6.10 Å². The molecule has 3 atom stereocenters. The van der Waals surface area contributed by atoms with Gasteiger partial charge in [0, 0.05) is 54.5 Å². The number of aliphatic hydroxyl groups is 1. The Bertz CT molecular complexity index is 987. The zero-order chi connectivity index (χ0) is 21.3. The van der Waals surface area contributed by atoms with Gasteiger partial charge in [-0.25, -0.2) is 4.68 Å². The Morgan fingerprint density at radius 1 is 1.23 bits per heavy atom. The van der Waals surface area contributed by atoms with Crippen molar-refractivity contribution in [3.8, 4) is 28.6 Å². The average Bonchev–Trinajstić information content (AvgIpc) is 3.22. The lowest BCUT2D eigenvalue weighted by Gasteiger charge is -2.42. The van der Waals surface area contributed by atoms with Crippen molar-refractivity contribution in [2.24, 2.45) is 0 Å².